The summed E-state index contributed by atoms with van der Waals surface area (Å²) >= 11 is 0. The van der Waals surface area contributed by atoms with Gasteiger partial charge < -0.3 is 15.3 Å². The highest BCUT2D eigenvalue weighted by atomic mass is 19.1. The Morgan fingerprint density at radius 2 is 1.96 bits per heavy atom. The number of carbonyl (C=O) groups is 1. The van der Waals surface area contributed by atoms with E-state index in [0.717, 1.165) is 4.57 Å². The number of piperidine rings is 1. The number of halogens is 1. The largest absolute Gasteiger partial charge is 0.465 e. The number of amides is 1. The first-order valence-electron chi connectivity index (χ1n) is 8.47. The van der Waals surface area contributed by atoms with Gasteiger partial charge in [0.1, 0.15) is 5.82 Å². The summed E-state index contributed by atoms with van der Waals surface area (Å²) in [5.74, 6) is -0.500. The maximum atomic E-state index is 13.6. The van der Waals surface area contributed by atoms with E-state index in [2.05, 4.69) is 10.2 Å². The average Bonchev–Trinajstić information content (AvgIpc) is 2.60. The lowest BCUT2D eigenvalue weighted by Gasteiger charge is -2.31. The van der Waals surface area contributed by atoms with Gasteiger partial charge in [-0.25, -0.2) is 14.0 Å². The Balaban J connectivity index is 1.78. The first-order valence-corrected chi connectivity index (χ1v) is 8.47. The first-order chi connectivity index (χ1) is 12.4. The van der Waals surface area contributed by atoms with Gasteiger partial charge in [-0.1, -0.05) is 0 Å². The van der Waals surface area contributed by atoms with Crippen molar-refractivity contribution in [3.8, 4) is 0 Å². The van der Waals surface area contributed by atoms with E-state index in [1.54, 1.807) is 0 Å². The number of hydrogen-bond donors (Lipinski definition) is 2. The van der Waals surface area contributed by atoms with Crippen molar-refractivity contribution in [1.82, 2.24) is 19.4 Å². The smallest absolute Gasteiger partial charge is 0.404 e. The van der Waals surface area contributed by atoms with Gasteiger partial charge in [-0.3, -0.25) is 13.9 Å². The van der Waals surface area contributed by atoms with Crippen LogP contribution in [-0.2, 0) is 13.6 Å². The predicted molar refractivity (Wildman–Crippen MR) is 94.0 cm³/mol. The van der Waals surface area contributed by atoms with Crippen LogP contribution in [-0.4, -0.2) is 50.9 Å². The molecule has 140 valence electrons. The molecule has 0 radical (unpaired) electrons. The van der Waals surface area contributed by atoms with Crippen molar-refractivity contribution in [1.29, 1.82) is 0 Å². The zero-order valence-corrected chi connectivity index (χ0v) is 14.4. The van der Waals surface area contributed by atoms with Crippen LogP contribution in [0.3, 0.4) is 0 Å². The topological polar surface area (TPSA) is 96.6 Å². The number of rotatable bonds is 4. The van der Waals surface area contributed by atoms with E-state index in [0.29, 0.717) is 49.9 Å². The molecule has 1 saturated heterocycles. The summed E-state index contributed by atoms with van der Waals surface area (Å²) in [6, 6.07) is 3.75. The van der Waals surface area contributed by atoms with Crippen LogP contribution < -0.4 is 16.6 Å². The lowest BCUT2D eigenvalue weighted by Crippen LogP contribution is -2.46. The number of nitrogens with zero attached hydrogens (tertiary/aromatic N) is 3. The van der Waals surface area contributed by atoms with Crippen LogP contribution in [0.4, 0.5) is 9.18 Å². The van der Waals surface area contributed by atoms with Crippen LogP contribution in [0.15, 0.2) is 27.8 Å². The van der Waals surface area contributed by atoms with Crippen molar-refractivity contribution in [2.75, 3.05) is 19.6 Å². The predicted octanol–water partition coefficient (Wildman–Crippen LogP) is 0.571. The normalized spacial score (nSPS) is 16.1. The molecule has 1 fully saturated rings. The Morgan fingerprint density at radius 3 is 2.62 bits per heavy atom. The third kappa shape index (κ3) is 3.62. The van der Waals surface area contributed by atoms with Crippen molar-refractivity contribution in [2.45, 2.75) is 25.4 Å². The molecule has 2 heterocycles. The maximum absolute atomic E-state index is 13.6. The zero-order chi connectivity index (χ0) is 18.8. The number of likely N-dealkylation sites (tertiary alicyclic amines) is 1. The zero-order valence-electron chi connectivity index (χ0n) is 14.4. The molecular formula is C17H21FN4O4. The Kier molecular flexibility index (Phi) is 5.08. The van der Waals surface area contributed by atoms with E-state index in [4.69, 9.17) is 5.11 Å². The van der Waals surface area contributed by atoms with Crippen LogP contribution >= 0.6 is 0 Å². The molecule has 9 heteroatoms. The molecular weight excluding hydrogens is 343 g/mol. The standard InChI is InChI=1S/C17H21FN4O4/c1-20-15(23)13-3-2-11(18)10-14(13)22(17(20)26)9-8-21-6-4-12(5-7-21)19-16(24)25/h2-3,10,12,19H,4-9H2,1H3,(H,24,25). The molecule has 1 aliphatic rings. The van der Waals surface area contributed by atoms with Crippen molar-refractivity contribution in [3.63, 3.8) is 0 Å². The summed E-state index contributed by atoms with van der Waals surface area (Å²) in [4.78, 5) is 37.5. The molecule has 1 aromatic heterocycles. The Bertz CT molecular complexity index is 944. The molecule has 8 nitrogen and oxygen atoms in total. The summed E-state index contributed by atoms with van der Waals surface area (Å²) in [7, 11) is 1.41. The van der Waals surface area contributed by atoms with Crippen LogP contribution in [0.25, 0.3) is 10.9 Å². The second-order valence-corrected chi connectivity index (χ2v) is 6.53. The lowest BCUT2D eigenvalue weighted by atomic mass is 10.1. The highest BCUT2D eigenvalue weighted by molar-refractivity contribution is 5.78. The molecule has 2 N–H and O–H groups in total. The minimum Gasteiger partial charge on any atom is -0.465 e. The quantitative estimate of drug-likeness (QED) is 0.827. The Morgan fingerprint density at radius 1 is 1.27 bits per heavy atom. The molecule has 1 aliphatic heterocycles. The second-order valence-electron chi connectivity index (χ2n) is 6.53. The molecule has 1 amide bonds. The Hall–Kier alpha value is -2.68. The third-order valence-electron chi connectivity index (χ3n) is 4.86. The van der Waals surface area contributed by atoms with Crippen LogP contribution in [0, 0.1) is 5.82 Å². The highest BCUT2D eigenvalue weighted by Gasteiger charge is 2.21. The van der Waals surface area contributed by atoms with Crippen molar-refractivity contribution in [3.05, 3.63) is 44.9 Å². The van der Waals surface area contributed by atoms with Crippen molar-refractivity contribution in [2.24, 2.45) is 7.05 Å². The van der Waals surface area contributed by atoms with Gasteiger partial charge in [0.15, 0.2) is 0 Å². The number of benzene rings is 1. The SMILES string of the molecule is Cn1c(=O)c2ccc(F)cc2n(CCN2CCC(NC(=O)O)CC2)c1=O. The summed E-state index contributed by atoms with van der Waals surface area (Å²) < 4.78 is 16.1. The molecule has 0 unspecified atom stereocenters. The van der Waals surface area contributed by atoms with Gasteiger partial charge >= 0.3 is 11.8 Å². The van der Waals surface area contributed by atoms with E-state index in [-0.39, 0.29) is 6.04 Å². The van der Waals surface area contributed by atoms with E-state index in [1.807, 2.05) is 0 Å². The molecule has 0 bridgehead atoms. The minimum absolute atomic E-state index is 0.0565. The average molecular weight is 364 g/mol. The maximum Gasteiger partial charge on any atom is 0.404 e. The molecule has 0 aliphatic carbocycles. The van der Waals surface area contributed by atoms with Crippen molar-refractivity contribution >= 4 is 17.0 Å². The van der Waals surface area contributed by atoms with E-state index in [9.17, 15) is 18.8 Å². The molecule has 1 aromatic carbocycles. The molecule has 0 saturated carbocycles. The number of hydrogen-bond acceptors (Lipinski definition) is 4. The molecule has 26 heavy (non-hydrogen) atoms. The summed E-state index contributed by atoms with van der Waals surface area (Å²) in [5.41, 5.74) is -0.627. The Labute approximate surface area is 148 Å². The van der Waals surface area contributed by atoms with Crippen LogP contribution in [0.5, 0.6) is 0 Å². The van der Waals surface area contributed by atoms with E-state index < -0.39 is 23.2 Å². The van der Waals surface area contributed by atoms with Gasteiger partial charge in [0.2, 0.25) is 0 Å². The monoisotopic (exact) mass is 364 g/mol. The number of aromatic nitrogens is 2. The van der Waals surface area contributed by atoms with Crippen molar-refractivity contribution < 1.29 is 14.3 Å². The van der Waals surface area contributed by atoms with Gasteiger partial charge in [-0.15, -0.1) is 0 Å². The molecule has 0 atom stereocenters. The third-order valence-corrected chi connectivity index (χ3v) is 4.86. The number of fused-ring (bicyclic) bond motifs is 1. The molecule has 0 spiro atoms. The number of nitrogens with one attached hydrogen (secondary N) is 1. The summed E-state index contributed by atoms with van der Waals surface area (Å²) in [6.45, 7) is 2.29. The van der Waals surface area contributed by atoms with Gasteiger partial charge in [0.25, 0.3) is 5.56 Å². The fourth-order valence-corrected chi connectivity index (χ4v) is 3.39. The van der Waals surface area contributed by atoms with Gasteiger partial charge in [-0.2, -0.15) is 0 Å². The lowest BCUT2D eigenvalue weighted by molar-refractivity contribution is 0.166. The fraction of sp³-hybridized carbons (Fsp3) is 0.471. The molecule has 2 aromatic rings. The fourth-order valence-electron chi connectivity index (χ4n) is 3.39. The van der Waals surface area contributed by atoms with E-state index in [1.165, 1.54) is 29.8 Å². The summed E-state index contributed by atoms with van der Waals surface area (Å²) in [6.07, 6.45) is 0.377. The van der Waals surface area contributed by atoms with Crippen LogP contribution in [0.1, 0.15) is 12.8 Å². The second kappa shape index (κ2) is 7.28. The first kappa shape index (κ1) is 18.1. The van der Waals surface area contributed by atoms with Gasteiger partial charge in [-0.05, 0) is 31.0 Å². The minimum atomic E-state index is -1.02. The summed E-state index contributed by atoms with van der Waals surface area (Å²) in [5, 5.41) is 11.6. The van der Waals surface area contributed by atoms with Gasteiger partial charge in [0, 0.05) is 39.3 Å². The molecule has 3 rings (SSSR count). The number of carboxylic acid groups (broad SMARTS) is 1. The van der Waals surface area contributed by atoms with Gasteiger partial charge in [0.05, 0.1) is 10.9 Å². The van der Waals surface area contributed by atoms with Crippen LogP contribution in [0.2, 0.25) is 0 Å². The van der Waals surface area contributed by atoms with E-state index >= 15 is 0 Å². The highest BCUT2D eigenvalue weighted by Crippen LogP contribution is 2.13.